The molecule has 0 N–H and O–H groups in total. The molecule has 1 saturated heterocycles. The summed E-state index contributed by atoms with van der Waals surface area (Å²) < 4.78 is 5.64. The highest BCUT2D eigenvalue weighted by molar-refractivity contribution is 6.30. The van der Waals surface area contributed by atoms with Crippen LogP contribution in [-0.4, -0.2) is 41.0 Å². The van der Waals surface area contributed by atoms with E-state index in [4.69, 9.17) is 21.3 Å². The Bertz CT molecular complexity index is 969. The van der Waals surface area contributed by atoms with Gasteiger partial charge in [-0.1, -0.05) is 29.8 Å². The zero-order valence-corrected chi connectivity index (χ0v) is 16.3. The smallest absolute Gasteiger partial charge is 0.226 e. The zero-order chi connectivity index (χ0) is 19.3. The van der Waals surface area contributed by atoms with Gasteiger partial charge in [0.1, 0.15) is 6.26 Å². The molecule has 6 heteroatoms. The number of piperazine rings is 1. The Balaban J connectivity index is 1.29. The monoisotopic (exact) mass is 392 g/mol. The Labute approximate surface area is 169 Å². The highest BCUT2D eigenvalue weighted by atomic mass is 35.5. The van der Waals surface area contributed by atoms with Crippen molar-refractivity contribution in [1.82, 2.24) is 14.8 Å². The van der Waals surface area contributed by atoms with Gasteiger partial charge in [-0.3, -0.25) is 9.80 Å². The molecule has 0 aliphatic carbocycles. The summed E-state index contributed by atoms with van der Waals surface area (Å²) in [5, 5.41) is 9.57. The van der Waals surface area contributed by atoms with E-state index < -0.39 is 0 Å². The van der Waals surface area contributed by atoms with E-state index in [1.807, 2.05) is 48.5 Å². The van der Waals surface area contributed by atoms with E-state index >= 15 is 0 Å². The second-order valence-corrected chi connectivity index (χ2v) is 7.45. The quantitative estimate of drug-likeness (QED) is 0.651. The molecule has 0 amide bonds. The maximum absolute atomic E-state index is 8.89. The summed E-state index contributed by atoms with van der Waals surface area (Å²) >= 11 is 6.05. The van der Waals surface area contributed by atoms with Crippen molar-refractivity contribution in [2.75, 3.05) is 26.2 Å². The Morgan fingerprint density at radius 3 is 2.39 bits per heavy atom. The molecule has 1 aliphatic rings. The summed E-state index contributed by atoms with van der Waals surface area (Å²) in [5.74, 6) is 0.608. The third kappa shape index (κ3) is 4.60. The molecule has 5 nitrogen and oxygen atoms in total. The number of nitriles is 1. The number of rotatable bonds is 5. The number of benzene rings is 2. The van der Waals surface area contributed by atoms with Crippen molar-refractivity contribution >= 4 is 11.6 Å². The summed E-state index contributed by atoms with van der Waals surface area (Å²) in [5.41, 5.74) is 3.79. The molecule has 2 aromatic carbocycles. The largest absolute Gasteiger partial charge is 0.444 e. The molecule has 0 bridgehead atoms. The maximum Gasteiger partial charge on any atom is 0.226 e. The van der Waals surface area contributed by atoms with Gasteiger partial charge in [-0.05, 0) is 35.9 Å². The minimum absolute atomic E-state index is 0.608. The molecular formula is C22H21ClN4O. The molecule has 4 rings (SSSR count). The van der Waals surface area contributed by atoms with Crippen LogP contribution in [0, 0.1) is 11.3 Å². The van der Waals surface area contributed by atoms with Gasteiger partial charge in [-0.2, -0.15) is 5.26 Å². The molecule has 1 aromatic heterocycles. The molecule has 0 spiro atoms. The fraction of sp³-hybridized carbons (Fsp3) is 0.273. The Kier molecular flexibility index (Phi) is 5.73. The number of nitrogens with zero attached hydrogens (tertiary/aromatic N) is 4. The van der Waals surface area contributed by atoms with Gasteiger partial charge in [0.2, 0.25) is 5.89 Å². The van der Waals surface area contributed by atoms with E-state index in [0.717, 1.165) is 50.5 Å². The van der Waals surface area contributed by atoms with E-state index in [2.05, 4.69) is 20.9 Å². The standard InChI is InChI=1S/C22H21ClN4O/c23-20-3-1-2-19(12-20)22-25-21(16-28-22)15-27-10-8-26(9-11-27)14-18-6-4-17(13-24)5-7-18/h1-7,12,16H,8-11,14-15H2. The van der Waals surface area contributed by atoms with Crippen molar-refractivity contribution in [2.45, 2.75) is 13.1 Å². The predicted molar refractivity (Wildman–Crippen MR) is 109 cm³/mol. The Morgan fingerprint density at radius 2 is 1.71 bits per heavy atom. The molecule has 28 heavy (non-hydrogen) atoms. The average Bonchev–Trinajstić information content (AvgIpc) is 3.19. The van der Waals surface area contributed by atoms with Gasteiger partial charge in [0.05, 0.1) is 17.3 Å². The molecule has 142 valence electrons. The van der Waals surface area contributed by atoms with Gasteiger partial charge in [0.15, 0.2) is 0 Å². The van der Waals surface area contributed by atoms with Crippen LogP contribution >= 0.6 is 11.6 Å². The van der Waals surface area contributed by atoms with E-state index in [-0.39, 0.29) is 0 Å². The van der Waals surface area contributed by atoms with Crippen LogP contribution in [0.25, 0.3) is 11.5 Å². The van der Waals surface area contributed by atoms with Crippen molar-refractivity contribution in [1.29, 1.82) is 5.26 Å². The summed E-state index contributed by atoms with van der Waals surface area (Å²) in [6.07, 6.45) is 1.74. The second-order valence-electron chi connectivity index (χ2n) is 7.02. The van der Waals surface area contributed by atoms with Crippen LogP contribution in [0.3, 0.4) is 0 Å². The minimum Gasteiger partial charge on any atom is -0.444 e. The van der Waals surface area contributed by atoms with Crippen molar-refractivity contribution < 1.29 is 4.42 Å². The summed E-state index contributed by atoms with van der Waals surface area (Å²) in [7, 11) is 0. The molecule has 1 fully saturated rings. The molecule has 0 radical (unpaired) electrons. The van der Waals surface area contributed by atoms with Crippen molar-refractivity contribution in [2.24, 2.45) is 0 Å². The van der Waals surface area contributed by atoms with Crippen LogP contribution < -0.4 is 0 Å². The highest BCUT2D eigenvalue weighted by Gasteiger charge is 2.18. The Hall–Kier alpha value is -2.65. The lowest BCUT2D eigenvalue weighted by atomic mass is 10.1. The Morgan fingerprint density at radius 1 is 1.00 bits per heavy atom. The highest BCUT2D eigenvalue weighted by Crippen LogP contribution is 2.22. The molecule has 3 aromatic rings. The normalized spacial score (nSPS) is 15.4. The van der Waals surface area contributed by atoms with E-state index in [0.29, 0.717) is 16.5 Å². The predicted octanol–water partition coefficient (Wildman–Crippen LogP) is 4.18. The van der Waals surface area contributed by atoms with Crippen LogP contribution in [0.1, 0.15) is 16.8 Å². The second kappa shape index (κ2) is 8.57. The number of halogens is 1. The van der Waals surface area contributed by atoms with Crippen LogP contribution in [0.2, 0.25) is 5.02 Å². The number of hydrogen-bond donors (Lipinski definition) is 0. The van der Waals surface area contributed by atoms with Gasteiger partial charge < -0.3 is 4.42 Å². The van der Waals surface area contributed by atoms with E-state index in [1.165, 1.54) is 5.56 Å². The first-order valence-electron chi connectivity index (χ1n) is 9.34. The van der Waals surface area contributed by atoms with Gasteiger partial charge in [-0.15, -0.1) is 0 Å². The molecule has 0 atom stereocenters. The van der Waals surface area contributed by atoms with E-state index in [9.17, 15) is 0 Å². The molecule has 2 heterocycles. The van der Waals surface area contributed by atoms with Crippen LogP contribution in [0.5, 0.6) is 0 Å². The first kappa shape index (κ1) is 18.7. The van der Waals surface area contributed by atoms with Crippen LogP contribution in [0.4, 0.5) is 0 Å². The topological polar surface area (TPSA) is 56.3 Å². The van der Waals surface area contributed by atoms with Gasteiger partial charge >= 0.3 is 0 Å². The molecular weight excluding hydrogens is 372 g/mol. The zero-order valence-electron chi connectivity index (χ0n) is 15.5. The number of oxazole rings is 1. The SMILES string of the molecule is N#Cc1ccc(CN2CCN(Cc3coc(-c4cccc(Cl)c4)n3)CC2)cc1. The number of aromatic nitrogens is 1. The fourth-order valence-electron chi connectivity index (χ4n) is 3.41. The fourth-order valence-corrected chi connectivity index (χ4v) is 3.60. The molecule has 1 aliphatic heterocycles. The lowest BCUT2D eigenvalue weighted by Crippen LogP contribution is -2.45. The van der Waals surface area contributed by atoms with Gasteiger partial charge in [-0.25, -0.2) is 4.98 Å². The lowest BCUT2D eigenvalue weighted by Gasteiger charge is -2.34. The number of hydrogen-bond acceptors (Lipinski definition) is 5. The average molecular weight is 393 g/mol. The molecule has 0 saturated carbocycles. The van der Waals surface area contributed by atoms with Crippen molar-refractivity contribution in [3.8, 4) is 17.5 Å². The third-order valence-corrected chi connectivity index (χ3v) is 5.20. The maximum atomic E-state index is 8.89. The van der Waals surface area contributed by atoms with E-state index in [1.54, 1.807) is 6.26 Å². The molecule has 0 unspecified atom stereocenters. The minimum atomic E-state index is 0.608. The summed E-state index contributed by atoms with van der Waals surface area (Å²) in [4.78, 5) is 9.45. The summed E-state index contributed by atoms with van der Waals surface area (Å²) in [6, 6.07) is 17.6. The van der Waals surface area contributed by atoms with Crippen molar-refractivity contribution in [3.05, 3.63) is 76.6 Å². The lowest BCUT2D eigenvalue weighted by molar-refractivity contribution is 0.121. The van der Waals surface area contributed by atoms with Crippen molar-refractivity contribution in [3.63, 3.8) is 0 Å². The summed E-state index contributed by atoms with van der Waals surface area (Å²) in [6.45, 7) is 5.72. The van der Waals surface area contributed by atoms with Crippen LogP contribution in [-0.2, 0) is 13.1 Å². The van der Waals surface area contributed by atoms with Crippen LogP contribution in [0.15, 0.2) is 59.2 Å². The third-order valence-electron chi connectivity index (χ3n) is 4.96. The van der Waals surface area contributed by atoms with Gasteiger partial charge in [0.25, 0.3) is 0 Å². The first-order chi connectivity index (χ1) is 13.7. The van der Waals surface area contributed by atoms with Gasteiger partial charge in [0, 0.05) is 49.9 Å². The first-order valence-corrected chi connectivity index (χ1v) is 9.71.